The zero-order chi connectivity index (χ0) is 16.4. The highest BCUT2D eigenvalue weighted by Crippen LogP contribution is 2.45. The number of nitrogens with zero attached hydrogens (tertiary/aromatic N) is 1. The van der Waals surface area contributed by atoms with Gasteiger partial charge in [0.25, 0.3) is 0 Å². The highest BCUT2D eigenvalue weighted by molar-refractivity contribution is 5.93. The predicted molar refractivity (Wildman–Crippen MR) is 90.5 cm³/mol. The van der Waals surface area contributed by atoms with E-state index in [-0.39, 0.29) is 41.3 Å². The van der Waals surface area contributed by atoms with E-state index in [9.17, 15) is 4.79 Å². The summed E-state index contributed by atoms with van der Waals surface area (Å²) in [7, 11) is 2.09. The molecule has 0 saturated heterocycles. The van der Waals surface area contributed by atoms with Gasteiger partial charge in [0.15, 0.2) is 5.71 Å². The van der Waals surface area contributed by atoms with Crippen molar-refractivity contribution in [3.8, 4) is 5.75 Å². The molecule has 0 N–H and O–H groups in total. The summed E-state index contributed by atoms with van der Waals surface area (Å²) in [6.07, 6.45) is 6.52. The lowest BCUT2D eigenvalue weighted by Crippen LogP contribution is -3.00. The molecule has 1 saturated carbocycles. The molecule has 0 radical (unpaired) electrons. The second-order valence-electron chi connectivity index (χ2n) is 7.76. The molecule has 0 aromatic heterocycles. The van der Waals surface area contributed by atoms with Gasteiger partial charge in [-0.3, -0.25) is 4.79 Å². The summed E-state index contributed by atoms with van der Waals surface area (Å²) in [6.45, 7) is 6.60. The number of carbonyl (C=O) groups is 1. The lowest BCUT2D eigenvalue weighted by molar-refractivity contribution is -0.403. The van der Waals surface area contributed by atoms with E-state index in [4.69, 9.17) is 4.74 Å². The Morgan fingerprint density at radius 3 is 2.62 bits per heavy atom. The summed E-state index contributed by atoms with van der Waals surface area (Å²) in [5.41, 5.74) is 3.72. The quantitative estimate of drug-likeness (QED) is 0.226. The van der Waals surface area contributed by atoms with Gasteiger partial charge in [-0.2, -0.15) is 0 Å². The van der Waals surface area contributed by atoms with Gasteiger partial charge in [-0.1, -0.05) is 12.2 Å². The number of ether oxygens (including phenoxy) is 1. The fourth-order valence-corrected chi connectivity index (χ4v) is 4.41. The van der Waals surface area contributed by atoms with Gasteiger partial charge >= 0.3 is 5.97 Å². The summed E-state index contributed by atoms with van der Waals surface area (Å²) in [4.78, 5) is 12.5. The molecule has 2 aliphatic carbocycles. The first kappa shape index (κ1) is 17.6. The first-order chi connectivity index (χ1) is 10.9. The largest absolute Gasteiger partial charge is 1.00 e. The summed E-state index contributed by atoms with van der Waals surface area (Å²) in [6, 6.07) is 6.03. The van der Waals surface area contributed by atoms with E-state index < -0.39 is 0 Å². The van der Waals surface area contributed by atoms with E-state index in [1.165, 1.54) is 17.0 Å². The molecular weight excluding hydrogens is 413 g/mol. The van der Waals surface area contributed by atoms with E-state index in [1.54, 1.807) is 0 Å². The van der Waals surface area contributed by atoms with E-state index in [1.807, 2.05) is 12.1 Å². The molecule has 3 nitrogen and oxygen atoms in total. The third kappa shape index (κ3) is 2.54. The minimum atomic E-state index is -0.0633. The maximum Gasteiger partial charge on any atom is 0.314 e. The first-order valence-electron chi connectivity index (χ1n) is 8.50. The molecule has 128 valence electrons. The van der Waals surface area contributed by atoms with Crippen LogP contribution >= 0.6 is 0 Å². The number of hydrogen-bond donors (Lipinski definition) is 0. The van der Waals surface area contributed by atoms with Crippen molar-refractivity contribution in [1.82, 2.24) is 0 Å². The standard InChI is InChI=1S/C20H24NO2.HI/c1-12-20(2,3)17-11-15(7-8-18(17)21(12)4)23-19(22)16-10-13-5-6-14(16)9-13;/h5-8,11,13-14,16H,9-10H2,1-4H3;1H/q+1;/p-1. The molecular formula is C20H24INO2. The molecule has 24 heavy (non-hydrogen) atoms. The van der Waals surface area contributed by atoms with Crippen LogP contribution in [0.5, 0.6) is 5.75 Å². The Morgan fingerprint density at radius 1 is 1.25 bits per heavy atom. The third-order valence-electron chi connectivity index (χ3n) is 6.21. The Bertz CT molecular complexity index is 763. The number of halogens is 1. The fourth-order valence-electron chi connectivity index (χ4n) is 4.41. The van der Waals surface area contributed by atoms with E-state index in [2.05, 4.69) is 50.6 Å². The van der Waals surface area contributed by atoms with Crippen LogP contribution in [0.15, 0.2) is 30.4 Å². The average molecular weight is 437 g/mol. The Morgan fingerprint density at radius 2 is 2.00 bits per heavy atom. The highest BCUT2D eigenvalue weighted by atomic mass is 127. The summed E-state index contributed by atoms with van der Waals surface area (Å²) in [5, 5.41) is 0. The van der Waals surface area contributed by atoms with Gasteiger partial charge in [-0.15, -0.1) is 0 Å². The number of carbonyl (C=O) groups excluding carboxylic acids is 1. The minimum absolute atomic E-state index is 0. The Hall–Kier alpha value is -1.17. The molecule has 1 aromatic rings. The molecule has 1 fully saturated rings. The summed E-state index contributed by atoms with van der Waals surface area (Å²) in [5.74, 6) is 1.63. The maximum absolute atomic E-state index is 12.5. The van der Waals surface area contributed by atoms with Crippen LogP contribution in [0, 0.1) is 17.8 Å². The number of rotatable bonds is 2. The summed E-state index contributed by atoms with van der Waals surface area (Å²) < 4.78 is 7.96. The van der Waals surface area contributed by atoms with Crippen LogP contribution in [0.3, 0.4) is 0 Å². The minimum Gasteiger partial charge on any atom is -1.00 e. The molecule has 4 rings (SSSR count). The van der Waals surface area contributed by atoms with Crippen molar-refractivity contribution in [3.05, 3.63) is 35.9 Å². The molecule has 3 aliphatic rings. The van der Waals surface area contributed by atoms with E-state index >= 15 is 0 Å². The Kier molecular flexibility index (Phi) is 4.39. The van der Waals surface area contributed by atoms with Crippen molar-refractivity contribution in [2.75, 3.05) is 7.05 Å². The van der Waals surface area contributed by atoms with Gasteiger partial charge in [-0.25, -0.2) is 4.58 Å². The van der Waals surface area contributed by atoms with Gasteiger partial charge < -0.3 is 28.7 Å². The molecule has 1 aromatic carbocycles. The van der Waals surface area contributed by atoms with Gasteiger partial charge in [0, 0.05) is 18.6 Å². The first-order valence-corrected chi connectivity index (χ1v) is 8.50. The lowest BCUT2D eigenvalue weighted by Gasteiger charge is -2.18. The van der Waals surface area contributed by atoms with Gasteiger partial charge in [-0.05, 0) is 50.7 Å². The molecule has 3 unspecified atom stereocenters. The number of allylic oxidation sites excluding steroid dienone is 2. The SMILES string of the molecule is CC1=[N+](C)c2ccc(OC(=O)C3CC4C=CC3C4)cc2C1(C)C.[I-]. The monoisotopic (exact) mass is 437 g/mol. The Labute approximate surface area is 160 Å². The maximum atomic E-state index is 12.5. The van der Waals surface area contributed by atoms with Crippen molar-refractivity contribution < 1.29 is 38.1 Å². The van der Waals surface area contributed by atoms with Crippen LogP contribution < -0.4 is 28.7 Å². The van der Waals surface area contributed by atoms with Gasteiger partial charge in [0.05, 0.1) is 11.3 Å². The molecule has 0 spiro atoms. The van der Waals surface area contributed by atoms with Gasteiger partial charge in [0.2, 0.25) is 5.69 Å². The molecule has 1 aliphatic heterocycles. The molecule has 3 atom stereocenters. The van der Waals surface area contributed by atoms with E-state index in [0.29, 0.717) is 17.6 Å². The van der Waals surface area contributed by atoms with Crippen LogP contribution in [-0.4, -0.2) is 23.3 Å². The topological polar surface area (TPSA) is 29.3 Å². The number of fused-ring (bicyclic) bond motifs is 3. The average Bonchev–Trinajstić information content (AvgIpc) is 3.19. The van der Waals surface area contributed by atoms with Crippen molar-refractivity contribution >= 4 is 17.4 Å². The van der Waals surface area contributed by atoms with E-state index in [0.717, 1.165) is 12.8 Å². The Balaban J connectivity index is 0.00000169. The van der Waals surface area contributed by atoms with Crippen LogP contribution in [0.25, 0.3) is 0 Å². The highest BCUT2D eigenvalue weighted by Gasteiger charge is 2.43. The van der Waals surface area contributed by atoms with Crippen molar-refractivity contribution in [2.45, 2.75) is 39.0 Å². The van der Waals surface area contributed by atoms with Crippen molar-refractivity contribution in [2.24, 2.45) is 17.8 Å². The number of benzene rings is 1. The lowest BCUT2D eigenvalue weighted by atomic mass is 9.82. The van der Waals surface area contributed by atoms with Crippen molar-refractivity contribution in [3.63, 3.8) is 0 Å². The van der Waals surface area contributed by atoms with Crippen LogP contribution in [0.4, 0.5) is 5.69 Å². The van der Waals surface area contributed by atoms with Crippen LogP contribution in [0.1, 0.15) is 39.2 Å². The normalized spacial score (nSPS) is 28.8. The van der Waals surface area contributed by atoms with Crippen LogP contribution in [-0.2, 0) is 10.2 Å². The summed E-state index contributed by atoms with van der Waals surface area (Å²) >= 11 is 0. The molecule has 2 bridgehead atoms. The van der Waals surface area contributed by atoms with Gasteiger partial charge in [0.1, 0.15) is 12.8 Å². The zero-order valence-electron chi connectivity index (χ0n) is 14.7. The molecule has 1 heterocycles. The fraction of sp³-hybridized carbons (Fsp3) is 0.500. The second kappa shape index (κ2) is 5.97. The number of esters is 1. The predicted octanol–water partition coefficient (Wildman–Crippen LogP) is 0.834. The smallest absolute Gasteiger partial charge is 0.314 e. The van der Waals surface area contributed by atoms with Crippen LogP contribution in [0.2, 0.25) is 0 Å². The molecule has 0 amide bonds. The second-order valence-corrected chi connectivity index (χ2v) is 7.76. The number of hydrogen-bond acceptors (Lipinski definition) is 2. The van der Waals surface area contributed by atoms with Crippen molar-refractivity contribution in [1.29, 1.82) is 0 Å². The molecule has 4 heteroatoms. The zero-order valence-corrected chi connectivity index (χ0v) is 16.8. The third-order valence-corrected chi connectivity index (χ3v) is 6.21.